The molecule has 86 valence electrons. The van der Waals surface area contributed by atoms with Crippen molar-refractivity contribution < 1.29 is 8.81 Å². The van der Waals surface area contributed by atoms with E-state index in [1.54, 1.807) is 6.26 Å². The Hall–Kier alpha value is -1.31. The molecule has 0 fully saturated rings. The molecule has 0 amide bonds. The first-order valence-electron chi connectivity index (χ1n) is 5.97. The van der Waals surface area contributed by atoms with E-state index in [1.165, 1.54) is 43.4 Å². The van der Waals surface area contributed by atoms with E-state index in [1.807, 2.05) is 6.07 Å². The molecule has 0 unspecified atom stereocenters. The van der Waals surface area contributed by atoms with Gasteiger partial charge < -0.3 is 4.42 Å². The van der Waals surface area contributed by atoms with Crippen molar-refractivity contribution in [3.05, 3.63) is 35.8 Å². The van der Waals surface area contributed by atoms with Gasteiger partial charge in [0.2, 0.25) is 0 Å². The number of fused-ring (bicyclic) bond motifs is 1. The minimum atomic E-state index is -0.237. The van der Waals surface area contributed by atoms with E-state index >= 15 is 0 Å². The van der Waals surface area contributed by atoms with E-state index in [0.717, 1.165) is 11.8 Å². The zero-order valence-corrected chi connectivity index (χ0v) is 9.63. The van der Waals surface area contributed by atoms with Gasteiger partial charge in [0.25, 0.3) is 0 Å². The predicted octanol–water partition coefficient (Wildman–Crippen LogP) is 4.69. The van der Waals surface area contributed by atoms with E-state index in [2.05, 4.69) is 6.92 Å². The molecule has 0 aliphatic carbocycles. The van der Waals surface area contributed by atoms with Crippen molar-refractivity contribution in [2.75, 3.05) is 0 Å². The van der Waals surface area contributed by atoms with Crippen LogP contribution in [0.4, 0.5) is 4.39 Å². The minimum Gasteiger partial charge on any atom is -0.464 e. The quantitative estimate of drug-likeness (QED) is 0.666. The lowest BCUT2D eigenvalue weighted by molar-refractivity contribution is 0.592. The van der Waals surface area contributed by atoms with Gasteiger partial charge in [-0.1, -0.05) is 26.2 Å². The second kappa shape index (κ2) is 5.15. The lowest BCUT2D eigenvalue weighted by Gasteiger charge is -1.98. The third-order valence-electron chi connectivity index (χ3n) is 2.92. The summed E-state index contributed by atoms with van der Waals surface area (Å²) in [5, 5.41) is 1.05. The first-order valence-corrected chi connectivity index (χ1v) is 5.97. The van der Waals surface area contributed by atoms with Crippen LogP contribution < -0.4 is 0 Å². The zero-order chi connectivity index (χ0) is 11.4. The maximum absolute atomic E-state index is 12.9. The number of unbranched alkanes of at least 4 members (excludes halogenated alkanes) is 3. The average Bonchev–Trinajstić information content (AvgIpc) is 2.67. The molecular formula is C14H17FO. The van der Waals surface area contributed by atoms with Gasteiger partial charge in [-0.25, -0.2) is 4.39 Å². The number of hydrogen-bond acceptors (Lipinski definition) is 1. The summed E-state index contributed by atoms with van der Waals surface area (Å²) in [4.78, 5) is 0. The van der Waals surface area contributed by atoms with Crippen LogP contribution in [0.5, 0.6) is 0 Å². The van der Waals surface area contributed by atoms with Crippen LogP contribution in [0.2, 0.25) is 0 Å². The number of rotatable bonds is 5. The number of hydrogen-bond donors (Lipinski definition) is 0. The zero-order valence-electron chi connectivity index (χ0n) is 9.63. The summed E-state index contributed by atoms with van der Waals surface area (Å²) in [6.07, 6.45) is 7.75. The van der Waals surface area contributed by atoms with Crippen LogP contribution in [0.25, 0.3) is 11.0 Å². The van der Waals surface area contributed by atoms with Crippen LogP contribution >= 0.6 is 0 Å². The van der Waals surface area contributed by atoms with Gasteiger partial charge in [-0.3, -0.25) is 0 Å². The largest absolute Gasteiger partial charge is 0.464 e. The lowest BCUT2D eigenvalue weighted by Crippen LogP contribution is -1.84. The highest BCUT2D eigenvalue weighted by molar-refractivity contribution is 5.80. The van der Waals surface area contributed by atoms with Gasteiger partial charge in [0.15, 0.2) is 0 Å². The summed E-state index contributed by atoms with van der Waals surface area (Å²) < 4.78 is 18.3. The van der Waals surface area contributed by atoms with Crippen molar-refractivity contribution in [1.29, 1.82) is 0 Å². The fourth-order valence-corrected chi connectivity index (χ4v) is 1.99. The Morgan fingerprint density at radius 1 is 1.19 bits per heavy atom. The van der Waals surface area contributed by atoms with Crippen molar-refractivity contribution in [3.63, 3.8) is 0 Å². The van der Waals surface area contributed by atoms with Gasteiger partial charge in [-0.15, -0.1) is 0 Å². The standard InChI is InChI=1S/C14H17FO/c1-2-3-4-5-6-11-10-16-14-9-12(15)7-8-13(11)14/h7-10H,2-6H2,1H3. The van der Waals surface area contributed by atoms with Crippen molar-refractivity contribution in [1.82, 2.24) is 0 Å². The molecule has 0 N–H and O–H groups in total. The topological polar surface area (TPSA) is 13.1 Å². The predicted molar refractivity (Wildman–Crippen MR) is 64.0 cm³/mol. The lowest BCUT2D eigenvalue weighted by atomic mass is 10.1. The molecule has 1 heterocycles. The highest BCUT2D eigenvalue weighted by Crippen LogP contribution is 2.23. The molecular weight excluding hydrogens is 203 g/mol. The third kappa shape index (κ3) is 2.43. The van der Waals surface area contributed by atoms with E-state index in [9.17, 15) is 4.39 Å². The van der Waals surface area contributed by atoms with Crippen LogP contribution in [0.15, 0.2) is 28.9 Å². The number of benzene rings is 1. The molecule has 1 aromatic carbocycles. The molecule has 0 aliphatic heterocycles. The first-order chi connectivity index (χ1) is 7.81. The summed E-state index contributed by atoms with van der Waals surface area (Å²) in [7, 11) is 0. The Kier molecular flexibility index (Phi) is 3.60. The average molecular weight is 220 g/mol. The number of aryl methyl sites for hydroxylation is 1. The monoisotopic (exact) mass is 220 g/mol. The second-order valence-corrected chi connectivity index (χ2v) is 4.21. The van der Waals surface area contributed by atoms with Crippen LogP contribution in [0.1, 0.15) is 38.2 Å². The molecule has 0 spiro atoms. The van der Waals surface area contributed by atoms with Crippen molar-refractivity contribution >= 4 is 11.0 Å². The van der Waals surface area contributed by atoms with E-state index < -0.39 is 0 Å². The molecule has 0 saturated carbocycles. The van der Waals surface area contributed by atoms with Crippen molar-refractivity contribution in [2.24, 2.45) is 0 Å². The Morgan fingerprint density at radius 3 is 2.88 bits per heavy atom. The first kappa shape index (κ1) is 11.2. The number of halogens is 1. The van der Waals surface area contributed by atoms with Gasteiger partial charge in [0.05, 0.1) is 6.26 Å². The van der Waals surface area contributed by atoms with Crippen LogP contribution in [0.3, 0.4) is 0 Å². The Labute approximate surface area is 95.3 Å². The van der Waals surface area contributed by atoms with E-state index in [0.29, 0.717) is 5.58 Å². The summed E-state index contributed by atoms with van der Waals surface area (Å²) in [5.74, 6) is -0.237. The van der Waals surface area contributed by atoms with E-state index in [4.69, 9.17) is 4.42 Å². The third-order valence-corrected chi connectivity index (χ3v) is 2.92. The normalized spacial score (nSPS) is 11.1. The van der Waals surface area contributed by atoms with E-state index in [-0.39, 0.29) is 5.82 Å². The Morgan fingerprint density at radius 2 is 2.06 bits per heavy atom. The van der Waals surface area contributed by atoms with Gasteiger partial charge in [0, 0.05) is 11.5 Å². The SMILES string of the molecule is CCCCCCc1coc2cc(F)ccc12. The highest BCUT2D eigenvalue weighted by Gasteiger charge is 2.06. The molecule has 0 aliphatic rings. The molecule has 0 saturated heterocycles. The summed E-state index contributed by atoms with van der Waals surface area (Å²) in [5.41, 5.74) is 1.86. The van der Waals surface area contributed by atoms with Gasteiger partial charge in [0.1, 0.15) is 11.4 Å². The fourth-order valence-electron chi connectivity index (χ4n) is 1.99. The Balaban J connectivity index is 2.07. The van der Waals surface area contributed by atoms with Crippen LogP contribution in [0, 0.1) is 5.82 Å². The molecule has 0 atom stereocenters. The van der Waals surface area contributed by atoms with Crippen molar-refractivity contribution in [2.45, 2.75) is 39.0 Å². The summed E-state index contributed by atoms with van der Waals surface area (Å²) in [6, 6.07) is 4.75. The van der Waals surface area contributed by atoms with Gasteiger partial charge in [-0.05, 0) is 30.5 Å². The fraction of sp³-hybridized carbons (Fsp3) is 0.429. The molecule has 2 heteroatoms. The number of furan rings is 1. The summed E-state index contributed by atoms with van der Waals surface area (Å²) >= 11 is 0. The van der Waals surface area contributed by atoms with Gasteiger partial charge >= 0.3 is 0 Å². The smallest absolute Gasteiger partial charge is 0.137 e. The molecule has 1 nitrogen and oxygen atoms in total. The minimum absolute atomic E-state index is 0.237. The Bertz CT molecular complexity index is 459. The molecule has 0 radical (unpaired) electrons. The molecule has 16 heavy (non-hydrogen) atoms. The molecule has 2 rings (SSSR count). The molecule has 1 aromatic heterocycles. The molecule has 2 aromatic rings. The van der Waals surface area contributed by atoms with Crippen LogP contribution in [-0.4, -0.2) is 0 Å². The maximum Gasteiger partial charge on any atom is 0.137 e. The van der Waals surface area contributed by atoms with Gasteiger partial charge in [-0.2, -0.15) is 0 Å². The van der Waals surface area contributed by atoms with Crippen LogP contribution in [-0.2, 0) is 6.42 Å². The van der Waals surface area contributed by atoms with Crippen molar-refractivity contribution in [3.8, 4) is 0 Å². The maximum atomic E-state index is 12.9. The molecule has 0 bridgehead atoms. The second-order valence-electron chi connectivity index (χ2n) is 4.21. The summed E-state index contributed by atoms with van der Waals surface area (Å²) in [6.45, 7) is 2.20. The highest BCUT2D eigenvalue weighted by atomic mass is 19.1.